The Morgan fingerprint density at radius 1 is 1.77 bits per heavy atom. The maximum absolute atomic E-state index is 10.8. The van der Waals surface area contributed by atoms with Crippen molar-refractivity contribution in [1.29, 1.82) is 0 Å². The molecule has 0 saturated carbocycles. The van der Waals surface area contributed by atoms with Crippen LogP contribution in [0.5, 0.6) is 0 Å². The highest BCUT2D eigenvalue weighted by Crippen LogP contribution is 2.12. The Bertz CT molecular complexity index is 406. The van der Waals surface area contributed by atoms with Gasteiger partial charge in [-0.15, -0.1) is 0 Å². The van der Waals surface area contributed by atoms with Crippen LogP contribution in [-0.4, -0.2) is 27.8 Å². The molecule has 6 nitrogen and oxygen atoms in total. The average molecular weight is 198 g/mol. The number of fused-ring (bicyclic) bond motifs is 1. The van der Waals surface area contributed by atoms with Crippen LogP contribution in [0.4, 0.5) is 10.6 Å². The van der Waals surface area contributed by atoms with Gasteiger partial charge in [0.25, 0.3) is 0 Å². The minimum absolute atomic E-state index is 0.436. The monoisotopic (exact) mass is 198 g/mol. The van der Waals surface area contributed by atoms with E-state index in [0.717, 1.165) is 4.96 Å². The van der Waals surface area contributed by atoms with Crippen LogP contribution >= 0.6 is 11.3 Å². The number of hydrogen-bond acceptors (Lipinski definition) is 5. The van der Waals surface area contributed by atoms with Gasteiger partial charge in [0.05, 0.1) is 13.3 Å². The molecular weight excluding hydrogens is 192 g/mol. The van der Waals surface area contributed by atoms with Crippen LogP contribution in [0.2, 0.25) is 0 Å². The number of ether oxygens (including phenoxy) is 1. The first kappa shape index (κ1) is 7.99. The summed E-state index contributed by atoms with van der Waals surface area (Å²) in [6.45, 7) is 0. The summed E-state index contributed by atoms with van der Waals surface area (Å²) in [5.41, 5.74) is 1.67. The third kappa shape index (κ3) is 1.45. The molecule has 0 spiro atoms. The summed E-state index contributed by atoms with van der Waals surface area (Å²) in [6.07, 6.45) is 1.08. The molecule has 0 atom stereocenters. The number of hydrogen-bond donors (Lipinski definition) is 1. The van der Waals surface area contributed by atoms with E-state index in [9.17, 15) is 4.79 Å². The summed E-state index contributed by atoms with van der Waals surface area (Å²) in [6, 6.07) is 0. The molecule has 0 saturated heterocycles. The zero-order valence-electron chi connectivity index (χ0n) is 6.72. The van der Waals surface area contributed by atoms with E-state index in [0.29, 0.717) is 5.82 Å². The molecule has 0 aromatic carbocycles. The number of rotatable bonds is 1. The smallest absolute Gasteiger partial charge is 0.412 e. The summed E-state index contributed by atoms with van der Waals surface area (Å²) in [5, 5.41) is 6.39. The molecule has 0 bridgehead atoms. The summed E-state index contributed by atoms with van der Waals surface area (Å²) in [7, 11) is 1.30. The third-order valence-electron chi connectivity index (χ3n) is 1.40. The molecule has 68 valence electrons. The Balaban J connectivity index is 2.25. The molecule has 0 fully saturated rings. The molecule has 0 aliphatic heterocycles. The van der Waals surface area contributed by atoms with E-state index in [4.69, 9.17) is 0 Å². The van der Waals surface area contributed by atoms with Gasteiger partial charge in [0.15, 0.2) is 5.82 Å². The summed E-state index contributed by atoms with van der Waals surface area (Å²) in [4.78, 5) is 15.6. The zero-order chi connectivity index (χ0) is 9.26. The Hall–Kier alpha value is -1.63. The molecule has 2 heterocycles. The van der Waals surface area contributed by atoms with Gasteiger partial charge >= 0.3 is 6.09 Å². The van der Waals surface area contributed by atoms with Gasteiger partial charge < -0.3 is 4.74 Å². The Labute approximate surface area is 77.2 Å². The summed E-state index contributed by atoms with van der Waals surface area (Å²) < 4.78 is 5.99. The number of imidazole rings is 1. The lowest BCUT2D eigenvalue weighted by molar-refractivity contribution is 0.187. The molecule has 2 aromatic rings. The number of amides is 1. The van der Waals surface area contributed by atoms with Crippen molar-refractivity contribution in [3.05, 3.63) is 11.7 Å². The number of carbonyl (C=O) groups excluding carboxylic acids is 1. The number of anilines is 1. The molecule has 7 heteroatoms. The lowest BCUT2D eigenvalue weighted by Gasteiger charge is -1.96. The van der Waals surface area contributed by atoms with Crippen molar-refractivity contribution in [3.8, 4) is 0 Å². The Kier molecular flexibility index (Phi) is 1.85. The van der Waals surface area contributed by atoms with E-state index in [1.807, 2.05) is 0 Å². The first-order valence-corrected chi connectivity index (χ1v) is 4.31. The fourth-order valence-electron chi connectivity index (χ4n) is 0.855. The molecule has 1 amide bonds. The third-order valence-corrected chi connectivity index (χ3v) is 2.09. The zero-order valence-corrected chi connectivity index (χ0v) is 7.54. The van der Waals surface area contributed by atoms with E-state index in [2.05, 4.69) is 20.1 Å². The molecule has 0 aliphatic carbocycles. The Morgan fingerprint density at radius 3 is 3.31 bits per heavy atom. The second-order valence-electron chi connectivity index (χ2n) is 2.21. The van der Waals surface area contributed by atoms with E-state index >= 15 is 0 Å². The molecule has 2 aromatic heterocycles. The highest BCUT2D eigenvalue weighted by atomic mass is 32.1. The van der Waals surface area contributed by atoms with E-state index < -0.39 is 6.09 Å². The molecule has 0 unspecified atom stereocenters. The van der Waals surface area contributed by atoms with Crippen LogP contribution in [0, 0.1) is 0 Å². The fraction of sp³-hybridized carbons (Fsp3) is 0.167. The normalized spacial score (nSPS) is 10.2. The highest BCUT2D eigenvalue weighted by Gasteiger charge is 2.06. The van der Waals surface area contributed by atoms with Crippen molar-refractivity contribution in [2.45, 2.75) is 0 Å². The molecule has 1 N–H and O–H groups in total. The van der Waals surface area contributed by atoms with Gasteiger partial charge in [0, 0.05) is 0 Å². The number of carbonyl (C=O) groups is 1. The molecule has 0 radical (unpaired) electrons. The lowest BCUT2D eigenvalue weighted by atomic mass is 10.7. The second kappa shape index (κ2) is 3.02. The predicted molar refractivity (Wildman–Crippen MR) is 46.9 cm³/mol. The van der Waals surface area contributed by atoms with Crippen LogP contribution in [0.1, 0.15) is 0 Å². The van der Waals surface area contributed by atoms with Crippen LogP contribution < -0.4 is 5.32 Å². The lowest BCUT2D eigenvalue weighted by Crippen LogP contribution is -2.10. The standard InChI is InChI=1S/C6H6N4O2S/c1-12-6(11)9-4-2-10-5(8-4)13-3-7-10/h2-3H,1H3,(H,9,11). The van der Waals surface area contributed by atoms with Gasteiger partial charge in [-0.2, -0.15) is 10.1 Å². The van der Waals surface area contributed by atoms with Crippen molar-refractivity contribution in [1.82, 2.24) is 14.6 Å². The van der Waals surface area contributed by atoms with Gasteiger partial charge in [-0.25, -0.2) is 9.31 Å². The van der Waals surface area contributed by atoms with Crippen molar-refractivity contribution in [3.63, 3.8) is 0 Å². The molecule has 13 heavy (non-hydrogen) atoms. The SMILES string of the molecule is COC(=O)Nc1cn2ncsc2n1. The van der Waals surface area contributed by atoms with Crippen molar-refractivity contribution in [2.24, 2.45) is 0 Å². The summed E-state index contributed by atoms with van der Waals surface area (Å²) >= 11 is 1.39. The molecular formula is C6H6N4O2S. The van der Waals surface area contributed by atoms with Crippen LogP contribution in [0.15, 0.2) is 11.7 Å². The first-order chi connectivity index (χ1) is 6.29. The van der Waals surface area contributed by atoms with Gasteiger partial charge in [0.1, 0.15) is 5.51 Å². The van der Waals surface area contributed by atoms with Crippen LogP contribution in [0.3, 0.4) is 0 Å². The minimum atomic E-state index is -0.536. The quantitative estimate of drug-likeness (QED) is 0.741. The van der Waals surface area contributed by atoms with Crippen molar-refractivity contribution < 1.29 is 9.53 Å². The maximum atomic E-state index is 10.8. The van der Waals surface area contributed by atoms with E-state index in [1.165, 1.54) is 18.4 Å². The van der Waals surface area contributed by atoms with E-state index in [-0.39, 0.29) is 0 Å². The van der Waals surface area contributed by atoms with Gasteiger partial charge in [-0.3, -0.25) is 5.32 Å². The van der Waals surface area contributed by atoms with Crippen molar-refractivity contribution >= 4 is 28.2 Å². The van der Waals surface area contributed by atoms with Gasteiger partial charge in [-0.05, 0) is 0 Å². The highest BCUT2D eigenvalue weighted by molar-refractivity contribution is 7.14. The van der Waals surface area contributed by atoms with Gasteiger partial charge in [-0.1, -0.05) is 11.3 Å². The fourth-order valence-corrected chi connectivity index (χ4v) is 1.46. The summed E-state index contributed by atoms with van der Waals surface area (Å²) in [5.74, 6) is 0.436. The number of nitrogens with one attached hydrogen (secondary N) is 1. The topological polar surface area (TPSA) is 68.5 Å². The second-order valence-corrected chi connectivity index (χ2v) is 3.02. The molecule has 2 rings (SSSR count). The number of aromatic nitrogens is 3. The number of nitrogens with zero attached hydrogens (tertiary/aromatic N) is 3. The maximum Gasteiger partial charge on any atom is 0.412 e. The largest absolute Gasteiger partial charge is 0.453 e. The minimum Gasteiger partial charge on any atom is -0.453 e. The number of methoxy groups -OCH3 is 1. The van der Waals surface area contributed by atoms with Gasteiger partial charge in [0.2, 0.25) is 4.96 Å². The van der Waals surface area contributed by atoms with E-state index in [1.54, 1.807) is 16.2 Å². The molecule has 0 aliphatic rings. The van der Waals surface area contributed by atoms with Crippen molar-refractivity contribution in [2.75, 3.05) is 12.4 Å². The Morgan fingerprint density at radius 2 is 2.62 bits per heavy atom. The first-order valence-electron chi connectivity index (χ1n) is 3.43. The average Bonchev–Trinajstić information content (AvgIpc) is 2.63. The van der Waals surface area contributed by atoms with Crippen LogP contribution in [-0.2, 0) is 4.74 Å². The van der Waals surface area contributed by atoms with Crippen LogP contribution in [0.25, 0.3) is 4.96 Å². The predicted octanol–water partition coefficient (Wildman–Crippen LogP) is 0.969.